The molecule has 3 heterocycles. The van der Waals surface area contributed by atoms with E-state index in [1.165, 1.54) is 35.4 Å². The van der Waals surface area contributed by atoms with Gasteiger partial charge in [-0.3, -0.25) is 14.5 Å². The summed E-state index contributed by atoms with van der Waals surface area (Å²) in [5, 5.41) is 0.0147. The van der Waals surface area contributed by atoms with Gasteiger partial charge in [-0.05, 0) is 48.0 Å². The normalized spacial score (nSPS) is 15.7. The molecule has 0 saturated heterocycles. The average Bonchev–Trinajstić information content (AvgIpc) is 3.02. The fourth-order valence-corrected chi connectivity index (χ4v) is 3.67. The lowest BCUT2D eigenvalue weighted by atomic mass is 9.98. The summed E-state index contributed by atoms with van der Waals surface area (Å²) in [5.74, 6) is -1.56. The minimum atomic E-state index is -0.952. The number of carbonyl (C=O) groups is 1. The number of benzene rings is 2. The van der Waals surface area contributed by atoms with Crippen LogP contribution in [0.2, 0.25) is 0 Å². The van der Waals surface area contributed by atoms with Gasteiger partial charge in [0.2, 0.25) is 5.76 Å². The first-order valence-corrected chi connectivity index (χ1v) is 8.81. The van der Waals surface area contributed by atoms with Gasteiger partial charge in [-0.2, -0.15) is 0 Å². The topological polar surface area (TPSA) is 63.4 Å². The molecule has 0 N–H and O–H groups in total. The van der Waals surface area contributed by atoms with Crippen molar-refractivity contribution in [1.29, 1.82) is 0 Å². The molecule has 1 atom stereocenters. The zero-order valence-electron chi connectivity index (χ0n) is 14.8. The van der Waals surface area contributed by atoms with Crippen LogP contribution >= 0.6 is 0 Å². The van der Waals surface area contributed by atoms with E-state index in [0.29, 0.717) is 5.56 Å². The molecule has 0 spiro atoms. The Morgan fingerprint density at radius 2 is 1.76 bits per heavy atom. The third-order valence-corrected chi connectivity index (χ3v) is 4.89. The Labute approximate surface area is 162 Å². The van der Waals surface area contributed by atoms with Crippen molar-refractivity contribution in [3.05, 3.63) is 106 Å². The summed E-state index contributed by atoms with van der Waals surface area (Å²) < 4.78 is 33.4. The SMILES string of the molecule is O=C1c2oc3ccc(F)cc3c(=O)c2[C@@H](c2cccc(F)c2)N1c1ccccn1. The Kier molecular flexibility index (Phi) is 3.77. The van der Waals surface area contributed by atoms with E-state index in [1.807, 2.05) is 0 Å². The highest BCUT2D eigenvalue weighted by atomic mass is 19.1. The predicted octanol–water partition coefficient (Wildman–Crippen LogP) is 4.22. The fraction of sp³-hybridized carbons (Fsp3) is 0.0455. The van der Waals surface area contributed by atoms with Crippen molar-refractivity contribution >= 4 is 22.7 Å². The van der Waals surface area contributed by atoms with Crippen molar-refractivity contribution in [1.82, 2.24) is 4.98 Å². The van der Waals surface area contributed by atoms with Crippen LogP contribution < -0.4 is 10.3 Å². The van der Waals surface area contributed by atoms with Gasteiger partial charge in [-0.1, -0.05) is 18.2 Å². The quantitative estimate of drug-likeness (QED) is 0.514. The number of rotatable bonds is 2. The number of halogens is 2. The Balaban J connectivity index is 1.84. The van der Waals surface area contributed by atoms with Gasteiger partial charge in [0.05, 0.1) is 17.0 Å². The maximum atomic E-state index is 14.0. The van der Waals surface area contributed by atoms with E-state index in [0.717, 1.165) is 12.1 Å². The lowest BCUT2D eigenvalue weighted by Crippen LogP contribution is -2.30. The number of pyridine rings is 1. The molecule has 2 aromatic carbocycles. The van der Waals surface area contributed by atoms with Gasteiger partial charge in [0.1, 0.15) is 23.0 Å². The minimum Gasteiger partial charge on any atom is -0.450 e. The summed E-state index contributed by atoms with van der Waals surface area (Å²) in [7, 11) is 0. The van der Waals surface area contributed by atoms with Gasteiger partial charge < -0.3 is 4.42 Å². The molecule has 7 heteroatoms. The molecule has 0 bridgehead atoms. The van der Waals surface area contributed by atoms with E-state index in [-0.39, 0.29) is 28.1 Å². The van der Waals surface area contributed by atoms with E-state index in [1.54, 1.807) is 24.3 Å². The predicted molar refractivity (Wildman–Crippen MR) is 102 cm³/mol. The number of carbonyl (C=O) groups excluding carboxylic acids is 1. The van der Waals surface area contributed by atoms with Gasteiger partial charge in [-0.15, -0.1) is 0 Å². The molecular weight excluding hydrogens is 378 g/mol. The molecule has 0 aliphatic carbocycles. The van der Waals surface area contributed by atoms with E-state index in [2.05, 4.69) is 4.98 Å². The van der Waals surface area contributed by atoms with Crippen LogP contribution in [0.5, 0.6) is 0 Å². The largest absolute Gasteiger partial charge is 0.450 e. The number of fused-ring (bicyclic) bond motifs is 2. The number of anilines is 1. The number of aromatic nitrogens is 1. The fourth-order valence-electron chi connectivity index (χ4n) is 3.67. The summed E-state index contributed by atoms with van der Waals surface area (Å²) >= 11 is 0. The minimum absolute atomic E-state index is 0.0147. The monoisotopic (exact) mass is 390 g/mol. The third-order valence-electron chi connectivity index (χ3n) is 4.89. The van der Waals surface area contributed by atoms with Crippen LogP contribution in [-0.2, 0) is 0 Å². The maximum absolute atomic E-state index is 14.0. The number of hydrogen-bond acceptors (Lipinski definition) is 4. The maximum Gasteiger partial charge on any atom is 0.296 e. The van der Waals surface area contributed by atoms with E-state index in [4.69, 9.17) is 4.42 Å². The summed E-state index contributed by atoms with van der Waals surface area (Å²) in [6.45, 7) is 0. The lowest BCUT2D eigenvalue weighted by Gasteiger charge is -2.24. The van der Waals surface area contributed by atoms with Crippen molar-refractivity contribution in [3.8, 4) is 0 Å². The zero-order chi connectivity index (χ0) is 20.1. The number of hydrogen-bond donors (Lipinski definition) is 0. The van der Waals surface area contributed by atoms with Crippen molar-refractivity contribution < 1.29 is 18.0 Å². The van der Waals surface area contributed by atoms with Crippen molar-refractivity contribution in [3.63, 3.8) is 0 Å². The van der Waals surface area contributed by atoms with E-state index >= 15 is 0 Å². The van der Waals surface area contributed by atoms with E-state index in [9.17, 15) is 18.4 Å². The number of amides is 1. The van der Waals surface area contributed by atoms with Crippen LogP contribution in [0.4, 0.5) is 14.6 Å². The molecule has 0 radical (unpaired) electrons. The Bertz CT molecular complexity index is 1340. The molecule has 5 rings (SSSR count). The summed E-state index contributed by atoms with van der Waals surface area (Å²) in [6, 6.07) is 13.2. The number of nitrogens with zero attached hydrogens (tertiary/aromatic N) is 2. The van der Waals surface area contributed by atoms with E-state index < -0.39 is 29.0 Å². The van der Waals surface area contributed by atoms with Crippen LogP contribution in [0.1, 0.15) is 27.7 Å². The second-order valence-corrected chi connectivity index (χ2v) is 6.64. The molecule has 2 aromatic heterocycles. The third kappa shape index (κ3) is 2.62. The molecule has 4 aromatic rings. The average molecular weight is 390 g/mol. The molecule has 1 aliphatic rings. The summed E-state index contributed by atoms with van der Waals surface area (Å²) in [6.07, 6.45) is 1.51. The molecule has 0 saturated carbocycles. The van der Waals surface area contributed by atoms with Crippen molar-refractivity contribution in [2.24, 2.45) is 0 Å². The molecular formula is C22H12F2N2O3. The van der Waals surface area contributed by atoms with Gasteiger partial charge in [-0.25, -0.2) is 13.8 Å². The summed E-state index contributed by atoms with van der Waals surface area (Å²) in [4.78, 5) is 32.0. The van der Waals surface area contributed by atoms with Gasteiger partial charge in [0.25, 0.3) is 5.91 Å². The van der Waals surface area contributed by atoms with Crippen LogP contribution in [0.25, 0.3) is 11.0 Å². The smallest absolute Gasteiger partial charge is 0.296 e. The summed E-state index contributed by atoms with van der Waals surface area (Å²) in [5.41, 5.74) is -0.0266. The van der Waals surface area contributed by atoms with Crippen LogP contribution in [0.15, 0.2) is 76.1 Å². The molecule has 0 unspecified atom stereocenters. The molecule has 1 aliphatic heterocycles. The molecule has 5 nitrogen and oxygen atoms in total. The first-order chi connectivity index (χ1) is 14.0. The van der Waals surface area contributed by atoms with Crippen LogP contribution in [-0.4, -0.2) is 10.9 Å². The van der Waals surface area contributed by atoms with Crippen molar-refractivity contribution in [2.75, 3.05) is 4.90 Å². The molecule has 29 heavy (non-hydrogen) atoms. The van der Waals surface area contributed by atoms with Gasteiger partial charge >= 0.3 is 0 Å². The van der Waals surface area contributed by atoms with Gasteiger partial charge in [0.15, 0.2) is 5.43 Å². The standard InChI is InChI=1S/C22H12F2N2O3/c23-13-5-3-4-12(10-13)19-18-20(27)15-11-14(24)7-8-16(15)29-21(18)22(28)26(19)17-6-1-2-9-25-17/h1-11,19H/t19-/m1/s1. The molecule has 0 fully saturated rings. The highest BCUT2D eigenvalue weighted by Gasteiger charge is 2.44. The first-order valence-electron chi connectivity index (χ1n) is 8.81. The Hall–Kier alpha value is -3.87. The van der Waals surface area contributed by atoms with Crippen molar-refractivity contribution in [2.45, 2.75) is 6.04 Å². The van der Waals surface area contributed by atoms with Crippen LogP contribution in [0, 0.1) is 11.6 Å². The van der Waals surface area contributed by atoms with Crippen LogP contribution in [0.3, 0.4) is 0 Å². The Morgan fingerprint density at radius 3 is 2.52 bits per heavy atom. The highest BCUT2D eigenvalue weighted by Crippen LogP contribution is 2.40. The molecule has 1 amide bonds. The van der Waals surface area contributed by atoms with Gasteiger partial charge in [0, 0.05) is 6.20 Å². The second kappa shape index (κ2) is 6.34. The second-order valence-electron chi connectivity index (χ2n) is 6.64. The molecule has 142 valence electrons. The zero-order valence-corrected chi connectivity index (χ0v) is 14.8. The highest BCUT2D eigenvalue weighted by molar-refractivity contribution is 6.10. The first kappa shape index (κ1) is 17.2. The Morgan fingerprint density at radius 1 is 0.931 bits per heavy atom. The lowest BCUT2D eigenvalue weighted by molar-refractivity contribution is 0.0970.